The van der Waals surface area contributed by atoms with Crippen LogP contribution in [0.1, 0.15) is 75.7 Å². The monoisotopic (exact) mass is 476 g/mol. The van der Waals surface area contributed by atoms with Crippen LogP contribution in [-0.2, 0) is 0 Å². The zero-order chi connectivity index (χ0) is 24.1. The van der Waals surface area contributed by atoms with E-state index in [0.717, 1.165) is 5.82 Å². The number of likely N-dealkylation sites (tertiary alicyclic amines) is 1. The quantitative estimate of drug-likeness (QED) is 0.630. The summed E-state index contributed by atoms with van der Waals surface area (Å²) in [4.78, 5) is 23.7. The maximum atomic E-state index is 16.0. The zero-order valence-corrected chi connectivity index (χ0v) is 19.7. The van der Waals surface area contributed by atoms with Crippen molar-refractivity contribution in [2.24, 2.45) is 5.92 Å². The van der Waals surface area contributed by atoms with E-state index in [0.29, 0.717) is 49.3 Å². The highest BCUT2D eigenvalue weighted by molar-refractivity contribution is 5.75. The molecule has 10 heteroatoms. The largest absolute Gasteiger partial charge is 0.393 e. The number of nitrogen functional groups attached to an aromatic ring is 1. The van der Waals surface area contributed by atoms with Gasteiger partial charge in [0.2, 0.25) is 0 Å². The van der Waals surface area contributed by atoms with Gasteiger partial charge in [-0.2, -0.15) is 0 Å². The Bertz CT molecular complexity index is 1060. The van der Waals surface area contributed by atoms with E-state index in [4.69, 9.17) is 10.7 Å². The van der Waals surface area contributed by atoms with Crippen LogP contribution in [0.4, 0.5) is 19.4 Å². The molecular formula is C24H34F2N6O2. The Morgan fingerprint density at radius 3 is 2.79 bits per heavy atom. The Kier molecular flexibility index (Phi) is 6.12. The highest BCUT2D eigenvalue weighted by Crippen LogP contribution is 2.46. The van der Waals surface area contributed by atoms with E-state index >= 15 is 4.39 Å². The molecule has 7 unspecified atom stereocenters. The van der Waals surface area contributed by atoms with Crippen molar-refractivity contribution in [1.82, 2.24) is 24.6 Å². The summed E-state index contributed by atoms with van der Waals surface area (Å²) < 4.78 is 32.2. The number of urea groups is 1. The number of carbonyl (C=O) groups excluding carboxylic acids is 1. The highest BCUT2D eigenvalue weighted by atomic mass is 19.1. The number of alkyl halides is 2. The molecule has 8 nitrogen and oxygen atoms in total. The molecule has 7 atom stereocenters. The van der Waals surface area contributed by atoms with Crippen LogP contribution in [0.2, 0.25) is 0 Å². The Morgan fingerprint density at radius 2 is 2.03 bits per heavy atom. The van der Waals surface area contributed by atoms with Crippen LogP contribution in [0.5, 0.6) is 0 Å². The number of halogens is 2. The molecule has 2 aromatic rings. The van der Waals surface area contributed by atoms with E-state index in [1.807, 2.05) is 24.4 Å². The third-order valence-corrected chi connectivity index (χ3v) is 7.98. The normalized spacial score (nSPS) is 33.9. The van der Waals surface area contributed by atoms with Gasteiger partial charge in [-0.05, 0) is 38.5 Å². The summed E-state index contributed by atoms with van der Waals surface area (Å²) in [5.41, 5.74) is 7.53. The number of anilines is 1. The second-order valence-electron chi connectivity index (χ2n) is 10.4. The van der Waals surface area contributed by atoms with E-state index in [-0.39, 0.29) is 36.8 Å². The van der Waals surface area contributed by atoms with Crippen molar-refractivity contribution in [1.29, 1.82) is 0 Å². The molecule has 2 aliphatic carbocycles. The fourth-order valence-corrected chi connectivity index (χ4v) is 6.25. The molecule has 1 saturated heterocycles. The number of carbonyl (C=O) groups is 1. The first-order valence-corrected chi connectivity index (χ1v) is 12.4. The van der Waals surface area contributed by atoms with Gasteiger partial charge in [0.25, 0.3) is 0 Å². The fourth-order valence-electron chi connectivity index (χ4n) is 6.25. The number of hydrogen-bond donors (Lipinski definition) is 3. The number of aromatic nitrogens is 3. The van der Waals surface area contributed by atoms with Gasteiger partial charge >= 0.3 is 6.03 Å². The molecule has 0 radical (unpaired) electrons. The number of aliphatic hydroxyl groups is 1. The van der Waals surface area contributed by atoms with Crippen molar-refractivity contribution < 1.29 is 18.7 Å². The predicted octanol–water partition coefficient (Wildman–Crippen LogP) is 3.30. The summed E-state index contributed by atoms with van der Waals surface area (Å²) in [6.45, 7) is 4.52. The van der Waals surface area contributed by atoms with E-state index < -0.39 is 30.4 Å². The van der Waals surface area contributed by atoms with Crippen LogP contribution >= 0.6 is 0 Å². The van der Waals surface area contributed by atoms with Gasteiger partial charge in [0, 0.05) is 42.7 Å². The van der Waals surface area contributed by atoms with Crippen LogP contribution in [0, 0.1) is 5.92 Å². The molecule has 4 N–H and O–H groups in total. The van der Waals surface area contributed by atoms with Gasteiger partial charge in [-0.3, -0.25) is 4.40 Å². The van der Waals surface area contributed by atoms with Crippen molar-refractivity contribution >= 4 is 17.4 Å². The molecule has 0 spiro atoms. The average molecular weight is 477 g/mol. The van der Waals surface area contributed by atoms with Crippen molar-refractivity contribution in [3.63, 3.8) is 0 Å². The Morgan fingerprint density at radius 1 is 1.24 bits per heavy atom. The van der Waals surface area contributed by atoms with Gasteiger partial charge in [0.15, 0.2) is 0 Å². The smallest absolute Gasteiger partial charge is 0.317 e. The summed E-state index contributed by atoms with van der Waals surface area (Å²) in [7, 11) is 0. The van der Waals surface area contributed by atoms with Crippen LogP contribution in [0.15, 0.2) is 12.4 Å². The number of imidazole rings is 1. The van der Waals surface area contributed by atoms with E-state index in [1.54, 1.807) is 11.1 Å². The number of nitrogens with one attached hydrogen (secondary N) is 1. The molecule has 2 amide bonds. The number of nitrogens with zero attached hydrogens (tertiary/aromatic N) is 4. The second kappa shape index (κ2) is 8.94. The molecule has 0 bridgehead atoms. The summed E-state index contributed by atoms with van der Waals surface area (Å²) in [5, 5.41) is 12.6. The lowest BCUT2D eigenvalue weighted by molar-refractivity contribution is 0.0637. The number of fused-ring (bicyclic) bond motifs is 2. The third-order valence-electron chi connectivity index (χ3n) is 7.98. The first-order valence-electron chi connectivity index (χ1n) is 12.4. The lowest BCUT2D eigenvalue weighted by Gasteiger charge is -2.39. The molecule has 3 heterocycles. The molecule has 2 aromatic heterocycles. The van der Waals surface area contributed by atoms with Crippen LogP contribution in [0.3, 0.4) is 0 Å². The van der Waals surface area contributed by atoms with Gasteiger partial charge in [-0.25, -0.2) is 23.5 Å². The van der Waals surface area contributed by atoms with Crippen molar-refractivity contribution in [3.8, 4) is 0 Å². The first kappa shape index (κ1) is 23.3. The molecule has 186 valence electrons. The summed E-state index contributed by atoms with van der Waals surface area (Å²) >= 11 is 0. The number of nitrogens with two attached hydrogens (primary N) is 1. The average Bonchev–Trinajstić information content (AvgIpc) is 3.40. The molecule has 0 aromatic carbocycles. The van der Waals surface area contributed by atoms with Crippen LogP contribution < -0.4 is 11.1 Å². The number of aliphatic hydroxyl groups excluding tert-OH is 1. The summed E-state index contributed by atoms with van der Waals surface area (Å²) in [6, 6.07) is -1.29. The summed E-state index contributed by atoms with van der Waals surface area (Å²) in [6.07, 6.45) is 3.11. The van der Waals surface area contributed by atoms with E-state index in [1.165, 1.54) is 0 Å². The van der Waals surface area contributed by atoms with Crippen molar-refractivity contribution in [2.75, 3.05) is 12.3 Å². The minimum atomic E-state index is -1.17. The maximum Gasteiger partial charge on any atom is 0.317 e. The van der Waals surface area contributed by atoms with Crippen molar-refractivity contribution in [2.45, 2.75) is 94.7 Å². The van der Waals surface area contributed by atoms with Crippen LogP contribution in [0.25, 0.3) is 5.52 Å². The maximum absolute atomic E-state index is 16.0. The highest BCUT2D eigenvalue weighted by Gasteiger charge is 2.49. The topological polar surface area (TPSA) is 109 Å². The van der Waals surface area contributed by atoms with Gasteiger partial charge in [0.05, 0.1) is 17.8 Å². The first-order chi connectivity index (χ1) is 16.3. The van der Waals surface area contributed by atoms with Crippen molar-refractivity contribution in [3.05, 3.63) is 23.9 Å². The molecule has 3 aliphatic rings. The lowest BCUT2D eigenvalue weighted by atomic mass is 9.75. The minimum absolute atomic E-state index is 0.140. The SMILES string of the molecule is CC(C)c1nc(C2CCC3C(CCN3C(=O)NC3CC(O)CCC3F)C2F)c2c(N)nccn12. The standard InChI is InChI=1S/C24H34F2N6O2/c1-12(2)23-30-20(21-22(27)28-8-10-32(21)23)15-4-6-18-14(19(15)26)7-9-31(18)24(34)29-17-11-13(33)3-5-16(17)25/h8,10,12-19,33H,3-7,9,11H2,1-2H3,(H2,27,28)(H,29,34). The zero-order valence-electron chi connectivity index (χ0n) is 19.7. The molecule has 5 rings (SSSR count). The lowest BCUT2D eigenvalue weighted by Crippen LogP contribution is -2.54. The molecule has 3 fully saturated rings. The molecule has 34 heavy (non-hydrogen) atoms. The number of rotatable bonds is 3. The number of amides is 2. The molecular weight excluding hydrogens is 442 g/mol. The molecule has 1 aliphatic heterocycles. The summed E-state index contributed by atoms with van der Waals surface area (Å²) in [5.74, 6) is 0.591. The predicted molar refractivity (Wildman–Crippen MR) is 124 cm³/mol. The van der Waals surface area contributed by atoms with Gasteiger partial charge in [-0.15, -0.1) is 0 Å². The van der Waals surface area contributed by atoms with Gasteiger partial charge in [-0.1, -0.05) is 13.8 Å². The number of hydrogen-bond acceptors (Lipinski definition) is 5. The Balaban J connectivity index is 1.34. The fraction of sp³-hybridized carbons (Fsp3) is 0.708. The Labute approximate surface area is 197 Å². The van der Waals surface area contributed by atoms with E-state index in [9.17, 15) is 14.3 Å². The van der Waals surface area contributed by atoms with Crippen LogP contribution in [-0.4, -0.2) is 67.5 Å². The second-order valence-corrected chi connectivity index (χ2v) is 10.4. The van der Waals surface area contributed by atoms with Gasteiger partial charge in [0.1, 0.15) is 29.5 Å². The molecule has 2 saturated carbocycles. The van der Waals surface area contributed by atoms with E-state index in [2.05, 4.69) is 10.3 Å². The van der Waals surface area contributed by atoms with Gasteiger partial charge < -0.3 is 21.1 Å². The third kappa shape index (κ3) is 3.89. The minimum Gasteiger partial charge on any atom is -0.393 e. The Hall–Kier alpha value is -2.49.